The molecule has 0 spiro atoms. The molecule has 0 aromatic carbocycles. The van der Waals surface area contributed by atoms with Gasteiger partial charge in [0, 0.05) is 0 Å². The van der Waals surface area contributed by atoms with Crippen LogP contribution in [-0.4, -0.2) is 46.1 Å². The lowest BCUT2D eigenvalue weighted by Crippen LogP contribution is -2.48. The highest BCUT2D eigenvalue weighted by Crippen LogP contribution is 2.14. The van der Waals surface area contributed by atoms with Crippen LogP contribution in [0, 0.1) is 0 Å². The molecule has 272 valence electrons. The predicted molar refractivity (Wildman–Crippen MR) is 199 cm³/mol. The van der Waals surface area contributed by atoms with Gasteiger partial charge in [-0.25, -0.2) is 0 Å². The summed E-state index contributed by atoms with van der Waals surface area (Å²) in [6.07, 6.45) is 43.4. The Morgan fingerprint density at radius 1 is 0.522 bits per heavy atom. The van der Waals surface area contributed by atoms with Crippen LogP contribution in [0.25, 0.3) is 0 Å². The van der Waals surface area contributed by atoms with Crippen LogP contribution in [0.2, 0.25) is 0 Å². The zero-order valence-corrected chi connectivity index (χ0v) is 30.7. The summed E-state index contributed by atoms with van der Waals surface area (Å²) in [5.41, 5.74) is 0. The van der Waals surface area contributed by atoms with Crippen LogP contribution in [0.15, 0.2) is 24.3 Å². The summed E-state index contributed by atoms with van der Waals surface area (Å²) in [4.78, 5) is 12.4. The van der Waals surface area contributed by atoms with Crippen molar-refractivity contribution in [3.63, 3.8) is 0 Å². The number of hydrogen-bond acceptors (Lipinski definition) is 4. The number of carbonyl (C=O) groups excluding carboxylic acids is 1. The highest BCUT2D eigenvalue weighted by molar-refractivity contribution is 5.80. The maximum absolute atomic E-state index is 12.4. The molecule has 0 bridgehead atoms. The summed E-state index contributed by atoms with van der Waals surface area (Å²) in [5, 5.41) is 33.0. The Morgan fingerprint density at radius 2 is 0.870 bits per heavy atom. The van der Waals surface area contributed by atoms with Crippen molar-refractivity contribution >= 4 is 5.91 Å². The monoisotopic (exact) mass is 650 g/mol. The Morgan fingerprint density at radius 3 is 1.26 bits per heavy atom. The number of aliphatic hydroxyl groups excluding tert-OH is 3. The van der Waals surface area contributed by atoms with E-state index in [4.69, 9.17) is 0 Å². The zero-order chi connectivity index (χ0) is 33.8. The summed E-state index contributed by atoms with van der Waals surface area (Å²) >= 11 is 0. The van der Waals surface area contributed by atoms with Crippen molar-refractivity contribution in [1.29, 1.82) is 0 Å². The molecule has 0 radical (unpaired) electrons. The fourth-order valence-corrected chi connectivity index (χ4v) is 6.06. The second kappa shape index (κ2) is 36.7. The van der Waals surface area contributed by atoms with Crippen molar-refractivity contribution in [3.05, 3.63) is 24.3 Å². The van der Waals surface area contributed by atoms with Gasteiger partial charge < -0.3 is 20.6 Å². The maximum atomic E-state index is 12.4. The van der Waals surface area contributed by atoms with Crippen molar-refractivity contribution < 1.29 is 20.1 Å². The molecule has 46 heavy (non-hydrogen) atoms. The van der Waals surface area contributed by atoms with Gasteiger partial charge in [-0.3, -0.25) is 4.79 Å². The predicted octanol–water partition coefficient (Wildman–Crippen LogP) is 11.0. The van der Waals surface area contributed by atoms with Gasteiger partial charge in [-0.15, -0.1) is 0 Å². The number of amides is 1. The minimum atomic E-state index is -1.10. The topological polar surface area (TPSA) is 89.8 Å². The molecule has 0 aliphatic rings. The van der Waals surface area contributed by atoms with Crippen LogP contribution in [0.5, 0.6) is 0 Å². The van der Waals surface area contributed by atoms with Gasteiger partial charge in [-0.2, -0.15) is 0 Å². The third-order valence-corrected chi connectivity index (χ3v) is 9.29. The molecule has 3 unspecified atom stereocenters. The molecule has 0 aromatic heterocycles. The molecular formula is C41H79NO4. The molecule has 4 N–H and O–H groups in total. The van der Waals surface area contributed by atoms with E-state index >= 15 is 0 Å². The van der Waals surface area contributed by atoms with E-state index in [1.165, 1.54) is 154 Å². The van der Waals surface area contributed by atoms with Crippen molar-refractivity contribution in [1.82, 2.24) is 5.32 Å². The first-order valence-electron chi connectivity index (χ1n) is 20.2. The first-order chi connectivity index (χ1) is 22.6. The average molecular weight is 650 g/mol. The van der Waals surface area contributed by atoms with Crippen molar-refractivity contribution in [2.45, 2.75) is 225 Å². The number of unbranched alkanes of at least 4 members (excludes halogenated alkanes) is 26. The van der Waals surface area contributed by atoms with E-state index in [-0.39, 0.29) is 6.61 Å². The van der Waals surface area contributed by atoms with Crippen LogP contribution in [0.1, 0.15) is 206 Å². The molecule has 0 aliphatic carbocycles. The first kappa shape index (κ1) is 44.8. The molecule has 5 nitrogen and oxygen atoms in total. The van der Waals surface area contributed by atoms with Crippen molar-refractivity contribution in [3.8, 4) is 0 Å². The Labute approximate surface area is 286 Å². The number of hydrogen-bond donors (Lipinski definition) is 4. The molecule has 0 fully saturated rings. The Kier molecular flexibility index (Phi) is 35.7. The lowest BCUT2D eigenvalue weighted by molar-refractivity contribution is -0.131. The molecule has 0 rings (SSSR count). The summed E-state index contributed by atoms with van der Waals surface area (Å²) in [5.74, 6) is -0.509. The summed E-state index contributed by atoms with van der Waals surface area (Å²) in [6.45, 7) is 4.16. The van der Waals surface area contributed by atoms with Crippen LogP contribution in [0.3, 0.4) is 0 Å². The van der Waals surface area contributed by atoms with Crippen molar-refractivity contribution in [2.75, 3.05) is 6.61 Å². The van der Waals surface area contributed by atoms with E-state index in [9.17, 15) is 20.1 Å². The van der Waals surface area contributed by atoms with Crippen LogP contribution >= 0.6 is 0 Å². The zero-order valence-electron chi connectivity index (χ0n) is 30.7. The van der Waals surface area contributed by atoms with E-state index < -0.39 is 24.2 Å². The number of carbonyl (C=O) groups is 1. The Hall–Kier alpha value is -1.17. The highest BCUT2D eigenvalue weighted by atomic mass is 16.3. The van der Waals surface area contributed by atoms with Crippen LogP contribution in [0.4, 0.5) is 0 Å². The quantitative estimate of drug-likeness (QED) is 0.0401. The van der Waals surface area contributed by atoms with Gasteiger partial charge in [0.05, 0.1) is 18.8 Å². The fourth-order valence-electron chi connectivity index (χ4n) is 6.06. The van der Waals surface area contributed by atoms with Gasteiger partial charge in [0.2, 0.25) is 5.91 Å². The van der Waals surface area contributed by atoms with Gasteiger partial charge in [-0.05, 0) is 44.9 Å². The van der Waals surface area contributed by atoms with Crippen LogP contribution in [-0.2, 0) is 4.79 Å². The van der Waals surface area contributed by atoms with E-state index in [0.29, 0.717) is 6.42 Å². The minimum absolute atomic E-state index is 0.365. The number of aliphatic hydroxyl groups is 3. The summed E-state index contributed by atoms with van der Waals surface area (Å²) < 4.78 is 0. The molecule has 1 amide bonds. The largest absolute Gasteiger partial charge is 0.394 e. The fraction of sp³-hybridized carbons (Fsp3) is 0.878. The molecule has 5 heteroatoms. The Bertz CT molecular complexity index is 679. The number of allylic oxidation sites excluding steroid dienone is 3. The maximum Gasteiger partial charge on any atom is 0.249 e. The molecule has 0 saturated carbocycles. The van der Waals surface area contributed by atoms with Crippen molar-refractivity contribution in [2.24, 2.45) is 0 Å². The average Bonchev–Trinajstić information content (AvgIpc) is 3.06. The van der Waals surface area contributed by atoms with Crippen LogP contribution < -0.4 is 5.32 Å². The lowest BCUT2D eigenvalue weighted by Gasteiger charge is -2.21. The smallest absolute Gasteiger partial charge is 0.249 e. The molecule has 0 heterocycles. The van der Waals surface area contributed by atoms with Gasteiger partial charge in [0.25, 0.3) is 0 Å². The summed E-state index contributed by atoms with van der Waals surface area (Å²) in [7, 11) is 0. The first-order valence-corrected chi connectivity index (χ1v) is 20.2. The van der Waals surface area contributed by atoms with E-state index in [2.05, 4.69) is 31.3 Å². The van der Waals surface area contributed by atoms with E-state index in [0.717, 1.165) is 32.1 Å². The van der Waals surface area contributed by atoms with E-state index in [1.54, 1.807) is 6.08 Å². The van der Waals surface area contributed by atoms with Gasteiger partial charge in [0.1, 0.15) is 6.10 Å². The standard InChI is InChI=1S/C41H79NO4/c1-3-5-7-9-11-13-15-16-17-18-19-20-21-22-23-24-26-28-30-32-34-36-40(45)41(46)42-38(37-43)39(44)35-33-31-29-27-25-14-12-10-8-6-4-2/h21-22,33,35,38-40,43-45H,3-20,23-32,34,36-37H2,1-2H3,(H,42,46)/b22-21-,35-33+. The molecule has 3 atom stereocenters. The van der Waals surface area contributed by atoms with E-state index in [1.807, 2.05) is 6.08 Å². The number of rotatable bonds is 36. The third-order valence-electron chi connectivity index (χ3n) is 9.29. The third kappa shape index (κ3) is 31.4. The normalized spacial score (nSPS) is 13.9. The van der Waals surface area contributed by atoms with Gasteiger partial charge in [-0.1, -0.05) is 186 Å². The van der Waals surface area contributed by atoms with Gasteiger partial charge in [0.15, 0.2) is 0 Å². The second-order valence-electron chi connectivity index (χ2n) is 13.8. The van der Waals surface area contributed by atoms with Gasteiger partial charge >= 0.3 is 0 Å². The molecule has 0 aromatic rings. The molecule has 0 aliphatic heterocycles. The number of nitrogens with one attached hydrogen (secondary N) is 1. The summed E-state index contributed by atoms with van der Waals surface area (Å²) in [6, 6.07) is -0.796. The molecular weight excluding hydrogens is 570 g/mol. The minimum Gasteiger partial charge on any atom is -0.394 e. The lowest BCUT2D eigenvalue weighted by atomic mass is 10.0. The second-order valence-corrected chi connectivity index (χ2v) is 13.8. The molecule has 0 saturated heterocycles. The Balaban J connectivity index is 3.67. The highest BCUT2D eigenvalue weighted by Gasteiger charge is 2.22. The SMILES string of the molecule is CCCCCCCCCCC/C=C/C(O)C(CO)NC(=O)C(O)CCCCCCCC/C=C\CCCCCCCCCCCCC.